The van der Waals surface area contributed by atoms with Crippen molar-refractivity contribution in [1.82, 2.24) is 0 Å². The number of methoxy groups -OCH3 is 1. The molecule has 2 unspecified atom stereocenters. The summed E-state index contributed by atoms with van der Waals surface area (Å²) in [5.41, 5.74) is -0.903. The number of carbonyl (C=O) groups excluding carboxylic acids is 2. The Balaban J connectivity index is 2.07. The molecule has 0 radical (unpaired) electrons. The highest BCUT2D eigenvalue weighted by Gasteiger charge is 2.68. The summed E-state index contributed by atoms with van der Waals surface area (Å²) in [7, 11) is 1.56. The monoisotopic (exact) mass is 332 g/mol. The molecule has 1 aromatic carbocycles. The fourth-order valence-corrected chi connectivity index (χ4v) is 3.29. The van der Waals surface area contributed by atoms with Crippen LogP contribution < -0.4 is 4.74 Å². The van der Waals surface area contributed by atoms with E-state index in [0.29, 0.717) is 11.3 Å². The van der Waals surface area contributed by atoms with Crippen molar-refractivity contribution >= 4 is 11.9 Å². The number of esters is 2. The number of carbonyl (C=O) groups is 2. The summed E-state index contributed by atoms with van der Waals surface area (Å²) in [6.45, 7) is 6.97. The van der Waals surface area contributed by atoms with E-state index in [2.05, 4.69) is 6.58 Å². The van der Waals surface area contributed by atoms with Crippen LogP contribution in [-0.2, 0) is 23.8 Å². The standard InChI is InChI=1S/C18H20O6/c1-5-12-10-22-14(11-6-8-13(21-4)9-7-11)18(12)15(19)23-17(2,3)24-16(18)20/h5-9,12,14H,1,10H2,2-4H3. The molecule has 1 aromatic rings. The van der Waals surface area contributed by atoms with Crippen molar-refractivity contribution in [3.8, 4) is 5.75 Å². The Bertz CT molecular complexity index is 655. The molecule has 0 bridgehead atoms. The topological polar surface area (TPSA) is 71.1 Å². The van der Waals surface area contributed by atoms with Crippen molar-refractivity contribution in [1.29, 1.82) is 0 Å². The third-order valence-corrected chi connectivity index (χ3v) is 4.50. The van der Waals surface area contributed by atoms with E-state index in [1.807, 2.05) is 0 Å². The van der Waals surface area contributed by atoms with Gasteiger partial charge in [0.05, 0.1) is 13.7 Å². The average Bonchev–Trinajstić information content (AvgIpc) is 2.93. The fourth-order valence-electron chi connectivity index (χ4n) is 3.29. The van der Waals surface area contributed by atoms with Gasteiger partial charge >= 0.3 is 11.9 Å². The fraction of sp³-hybridized carbons (Fsp3) is 0.444. The lowest BCUT2D eigenvalue weighted by Gasteiger charge is -2.42. The quantitative estimate of drug-likeness (QED) is 0.481. The van der Waals surface area contributed by atoms with Gasteiger partial charge in [0.1, 0.15) is 11.9 Å². The minimum atomic E-state index is -1.58. The van der Waals surface area contributed by atoms with Gasteiger partial charge in [0.2, 0.25) is 5.41 Å². The Morgan fingerprint density at radius 2 is 1.75 bits per heavy atom. The van der Waals surface area contributed by atoms with E-state index in [1.54, 1.807) is 37.5 Å². The van der Waals surface area contributed by atoms with Crippen molar-refractivity contribution in [2.45, 2.75) is 25.7 Å². The predicted octanol–water partition coefficient (Wildman–Crippen LogP) is 2.39. The molecule has 128 valence electrons. The molecular weight excluding hydrogens is 312 g/mol. The van der Waals surface area contributed by atoms with Crippen LogP contribution in [0.1, 0.15) is 25.5 Å². The number of hydrogen-bond acceptors (Lipinski definition) is 6. The largest absolute Gasteiger partial charge is 0.497 e. The number of rotatable bonds is 3. The van der Waals surface area contributed by atoms with E-state index in [1.165, 1.54) is 13.8 Å². The maximum absolute atomic E-state index is 12.8. The second-order valence-electron chi connectivity index (χ2n) is 6.38. The van der Waals surface area contributed by atoms with Crippen molar-refractivity contribution in [3.63, 3.8) is 0 Å². The maximum atomic E-state index is 12.8. The molecule has 0 N–H and O–H groups in total. The predicted molar refractivity (Wildman–Crippen MR) is 84.1 cm³/mol. The van der Waals surface area contributed by atoms with Gasteiger partial charge in [-0.05, 0) is 17.7 Å². The van der Waals surface area contributed by atoms with Gasteiger partial charge in [-0.25, -0.2) is 0 Å². The average molecular weight is 332 g/mol. The van der Waals surface area contributed by atoms with Gasteiger partial charge in [0, 0.05) is 19.8 Å². The minimum absolute atomic E-state index is 0.185. The minimum Gasteiger partial charge on any atom is -0.497 e. The zero-order valence-corrected chi connectivity index (χ0v) is 13.9. The van der Waals surface area contributed by atoms with Crippen molar-refractivity contribution in [3.05, 3.63) is 42.5 Å². The lowest BCUT2D eigenvalue weighted by molar-refractivity contribution is -0.256. The summed E-state index contributed by atoms with van der Waals surface area (Å²) in [4.78, 5) is 25.7. The van der Waals surface area contributed by atoms with Crippen LogP contribution in [0.4, 0.5) is 0 Å². The first-order valence-electron chi connectivity index (χ1n) is 7.70. The Hall–Kier alpha value is -2.34. The Morgan fingerprint density at radius 3 is 2.25 bits per heavy atom. The molecule has 2 aliphatic rings. The number of hydrogen-bond donors (Lipinski definition) is 0. The van der Waals surface area contributed by atoms with E-state index in [9.17, 15) is 9.59 Å². The Kier molecular flexibility index (Phi) is 3.87. The highest BCUT2D eigenvalue weighted by Crippen LogP contribution is 2.54. The third-order valence-electron chi connectivity index (χ3n) is 4.50. The Morgan fingerprint density at radius 1 is 1.17 bits per heavy atom. The normalized spacial score (nSPS) is 27.5. The van der Waals surface area contributed by atoms with Crippen LogP contribution in [0.5, 0.6) is 5.75 Å². The zero-order chi connectivity index (χ0) is 17.5. The summed E-state index contributed by atoms with van der Waals surface area (Å²) in [6.07, 6.45) is 0.743. The van der Waals surface area contributed by atoms with Crippen LogP contribution in [0.25, 0.3) is 0 Å². The first-order valence-corrected chi connectivity index (χ1v) is 7.70. The number of benzene rings is 1. The Labute approximate surface area is 140 Å². The lowest BCUT2D eigenvalue weighted by Crippen LogP contribution is -2.57. The van der Waals surface area contributed by atoms with Gasteiger partial charge < -0.3 is 18.9 Å². The SMILES string of the molecule is C=CC1COC(c2ccc(OC)cc2)C12C(=O)OC(C)(C)OC2=O. The second-order valence-corrected chi connectivity index (χ2v) is 6.38. The summed E-state index contributed by atoms with van der Waals surface area (Å²) in [6, 6.07) is 7.02. The molecular formula is C18H20O6. The van der Waals surface area contributed by atoms with Crippen LogP contribution in [0.15, 0.2) is 36.9 Å². The molecule has 6 heteroatoms. The molecule has 6 nitrogen and oxygen atoms in total. The van der Waals surface area contributed by atoms with Crippen LogP contribution in [0.3, 0.4) is 0 Å². The molecule has 2 heterocycles. The molecule has 24 heavy (non-hydrogen) atoms. The van der Waals surface area contributed by atoms with Crippen LogP contribution in [0, 0.1) is 11.3 Å². The van der Waals surface area contributed by atoms with E-state index < -0.39 is 35.2 Å². The van der Waals surface area contributed by atoms with Crippen LogP contribution in [0.2, 0.25) is 0 Å². The summed E-state index contributed by atoms with van der Waals surface area (Å²) >= 11 is 0. The molecule has 0 aromatic heterocycles. The van der Waals surface area contributed by atoms with Gasteiger partial charge in [-0.2, -0.15) is 0 Å². The van der Waals surface area contributed by atoms with Gasteiger partial charge in [0.15, 0.2) is 0 Å². The van der Waals surface area contributed by atoms with Crippen molar-refractivity contribution in [2.75, 3.05) is 13.7 Å². The summed E-state index contributed by atoms with van der Waals surface area (Å²) in [5, 5.41) is 0. The van der Waals surface area contributed by atoms with E-state index in [-0.39, 0.29) is 6.61 Å². The molecule has 1 spiro atoms. The van der Waals surface area contributed by atoms with Gasteiger partial charge in [-0.3, -0.25) is 9.59 Å². The maximum Gasteiger partial charge on any atom is 0.330 e. The molecule has 2 fully saturated rings. The molecule has 2 aliphatic heterocycles. The van der Waals surface area contributed by atoms with Gasteiger partial charge in [0.25, 0.3) is 5.79 Å². The molecule has 2 atom stereocenters. The second kappa shape index (κ2) is 5.63. The van der Waals surface area contributed by atoms with Crippen molar-refractivity contribution in [2.24, 2.45) is 11.3 Å². The van der Waals surface area contributed by atoms with Gasteiger partial charge in [-0.1, -0.05) is 18.2 Å². The van der Waals surface area contributed by atoms with Gasteiger partial charge in [-0.15, -0.1) is 6.58 Å². The number of ether oxygens (including phenoxy) is 4. The summed E-state index contributed by atoms with van der Waals surface area (Å²) in [5.74, 6) is -2.45. The molecule has 2 saturated heterocycles. The first kappa shape index (κ1) is 16.5. The summed E-state index contributed by atoms with van der Waals surface area (Å²) < 4.78 is 21.7. The molecule has 3 rings (SSSR count). The van der Waals surface area contributed by atoms with Crippen molar-refractivity contribution < 1.29 is 28.5 Å². The highest BCUT2D eigenvalue weighted by molar-refractivity contribution is 6.03. The van der Waals surface area contributed by atoms with E-state index in [4.69, 9.17) is 18.9 Å². The van der Waals surface area contributed by atoms with E-state index in [0.717, 1.165) is 0 Å². The first-order chi connectivity index (χ1) is 11.3. The molecule has 0 aliphatic carbocycles. The lowest BCUT2D eigenvalue weighted by atomic mass is 9.70. The van der Waals surface area contributed by atoms with E-state index >= 15 is 0 Å². The smallest absolute Gasteiger partial charge is 0.330 e. The zero-order valence-electron chi connectivity index (χ0n) is 13.9. The molecule has 0 amide bonds. The third kappa shape index (κ3) is 2.29. The molecule has 0 saturated carbocycles. The number of cyclic esters (lactones) is 2. The van der Waals surface area contributed by atoms with Crippen LogP contribution >= 0.6 is 0 Å². The highest BCUT2D eigenvalue weighted by atomic mass is 16.7. The van der Waals surface area contributed by atoms with Crippen LogP contribution in [-0.4, -0.2) is 31.4 Å².